The molecule has 0 spiro atoms. The maximum Gasteiger partial charge on any atom is 0.472 e. The van der Waals surface area contributed by atoms with Gasteiger partial charge in [-0.1, -0.05) is 337 Å². The highest BCUT2D eigenvalue weighted by Gasteiger charge is 2.30. The van der Waals surface area contributed by atoms with Gasteiger partial charge in [0.05, 0.1) is 26.4 Å². The Balaban J connectivity index is 5.20. The summed E-state index contributed by atoms with van der Waals surface area (Å²) < 4.78 is 68.4. The summed E-state index contributed by atoms with van der Waals surface area (Å²) in [6.45, 7) is 11.9. The molecular weight excluding hydrogens is 1250 g/mol. The van der Waals surface area contributed by atoms with Crippen molar-refractivity contribution in [3.05, 3.63) is 0 Å². The minimum Gasteiger partial charge on any atom is -0.462 e. The van der Waals surface area contributed by atoms with Crippen LogP contribution in [-0.2, 0) is 65.4 Å². The summed E-state index contributed by atoms with van der Waals surface area (Å²) >= 11 is 0. The molecule has 0 saturated heterocycles. The highest BCUT2D eigenvalue weighted by Crippen LogP contribution is 2.45. The lowest BCUT2D eigenvalue weighted by Crippen LogP contribution is -2.30. The second kappa shape index (κ2) is 66.6. The molecule has 19 heteroatoms. The predicted octanol–water partition coefficient (Wildman–Crippen LogP) is 22.2. The van der Waals surface area contributed by atoms with E-state index in [0.717, 1.165) is 120 Å². The zero-order valence-corrected chi connectivity index (χ0v) is 63.9. The van der Waals surface area contributed by atoms with Crippen molar-refractivity contribution in [2.75, 3.05) is 39.6 Å². The maximum absolute atomic E-state index is 13.1. The van der Waals surface area contributed by atoms with Gasteiger partial charge in [-0.15, -0.1) is 0 Å². The van der Waals surface area contributed by atoms with Crippen molar-refractivity contribution in [2.24, 2.45) is 17.8 Å². The molecule has 3 N–H and O–H groups in total. The number of rotatable bonds is 74. The third-order valence-corrected chi connectivity index (χ3v) is 19.5. The van der Waals surface area contributed by atoms with Crippen LogP contribution in [0, 0.1) is 17.8 Å². The van der Waals surface area contributed by atoms with Crippen LogP contribution in [-0.4, -0.2) is 96.7 Å². The van der Waals surface area contributed by atoms with Crippen molar-refractivity contribution in [3.63, 3.8) is 0 Å². The number of hydrogen-bond acceptors (Lipinski definition) is 15. The van der Waals surface area contributed by atoms with E-state index in [1.807, 2.05) is 0 Å². The van der Waals surface area contributed by atoms with Gasteiger partial charge in [-0.2, -0.15) is 0 Å². The molecule has 0 heterocycles. The van der Waals surface area contributed by atoms with Gasteiger partial charge in [0.1, 0.15) is 19.3 Å². The fourth-order valence-corrected chi connectivity index (χ4v) is 13.2. The summed E-state index contributed by atoms with van der Waals surface area (Å²) in [5, 5.41) is 10.6. The monoisotopic (exact) mass is 1400 g/mol. The number of phosphoric acid groups is 2. The molecule has 0 aromatic rings. The molecule has 0 aliphatic heterocycles. The first kappa shape index (κ1) is 93.1. The molecule has 0 saturated carbocycles. The zero-order chi connectivity index (χ0) is 70.1. The number of aliphatic hydroxyl groups excluding tert-OH is 1. The number of hydrogen-bond donors (Lipinski definition) is 3. The number of esters is 4. The van der Waals surface area contributed by atoms with Crippen LogP contribution in [0.1, 0.15) is 389 Å². The molecule has 0 aromatic heterocycles. The summed E-state index contributed by atoms with van der Waals surface area (Å²) in [5.41, 5.74) is 0. The van der Waals surface area contributed by atoms with Crippen LogP contribution in [0.3, 0.4) is 0 Å². The molecule has 95 heavy (non-hydrogen) atoms. The van der Waals surface area contributed by atoms with Gasteiger partial charge in [0.25, 0.3) is 0 Å². The number of aliphatic hydroxyl groups is 1. The van der Waals surface area contributed by atoms with E-state index in [4.69, 9.17) is 37.0 Å². The lowest BCUT2D eigenvalue weighted by molar-refractivity contribution is -0.161. The molecule has 0 amide bonds. The normalized spacial score (nSPS) is 14.1. The minimum atomic E-state index is -4.96. The van der Waals surface area contributed by atoms with Crippen LogP contribution in [0.2, 0.25) is 0 Å². The third-order valence-electron chi connectivity index (χ3n) is 17.6. The van der Waals surface area contributed by atoms with Crippen molar-refractivity contribution in [1.82, 2.24) is 0 Å². The summed E-state index contributed by atoms with van der Waals surface area (Å²) in [4.78, 5) is 72.7. The first-order chi connectivity index (χ1) is 45.7. The van der Waals surface area contributed by atoms with Crippen LogP contribution in [0.4, 0.5) is 0 Å². The van der Waals surface area contributed by atoms with Crippen molar-refractivity contribution in [1.29, 1.82) is 0 Å². The first-order valence-electron chi connectivity index (χ1n) is 39.3. The quantitative estimate of drug-likeness (QED) is 0.0222. The van der Waals surface area contributed by atoms with E-state index in [0.29, 0.717) is 25.7 Å². The van der Waals surface area contributed by atoms with Gasteiger partial charge < -0.3 is 33.8 Å². The Morgan fingerprint density at radius 1 is 0.284 bits per heavy atom. The molecule has 0 rings (SSSR count). The Kier molecular flexibility index (Phi) is 65.2. The standard InChI is InChI=1S/C76H148O17P2/c1-8-9-10-11-33-43-50-57-73(78)86-63-71(92-75(80)60-53-46-39-32-26-20-18-23-29-36-42-49-56-69(6)7)65-90-94(82,83)88-61-70(77)62-89-95(84,85)91-66-72(64-87-74(79)58-51-44-37-30-24-19-17-22-28-35-41-48-55-68(4)5)93-76(81)59-52-45-38-31-25-16-14-12-13-15-21-27-34-40-47-54-67(2)3/h67-72,77H,8-66H2,1-7H3,(H,82,83)(H,84,85)/t70-,71+,72+/m0/s1. The minimum absolute atomic E-state index is 0.106. The topological polar surface area (TPSA) is 237 Å². The predicted molar refractivity (Wildman–Crippen MR) is 386 cm³/mol. The second-order valence-electron chi connectivity index (χ2n) is 28.8. The van der Waals surface area contributed by atoms with Crippen LogP contribution >= 0.6 is 15.6 Å². The summed E-state index contributed by atoms with van der Waals surface area (Å²) in [5.74, 6) is 0.240. The molecule has 0 aliphatic rings. The van der Waals surface area contributed by atoms with Gasteiger partial charge in [0, 0.05) is 25.7 Å². The summed E-state index contributed by atoms with van der Waals surface area (Å²) in [7, 11) is -9.91. The lowest BCUT2D eigenvalue weighted by atomic mass is 10.0. The summed E-state index contributed by atoms with van der Waals surface area (Å²) in [6, 6.07) is 0. The molecule has 0 fully saturated rings. The third kappa shape index (κ3) is 70.3. The Morgan fingerprint density at radius 3 is 0.716 bits per heavy atom. The van der Waals surface area contributed by atoms with Crippen molar-refractivity contribution < 1.29 is 80.2 Å². The van der Waals surface area contributed by atoms with Crippen LogP contribution < -0.4 is 0 Å². The van der Waals surface area contributed by atoms with E-state index >= 15 is 0 Å². The van der Waals surface area contributed by atoms with Gasteiger partial charge >= 0.3 is 39.5 Å². The lowest BCUT2D eigenvalue weighted by Gasteiger charge is -2.21. The highest BCUT2D eigenvalue weighted by atomic mass is 31.2. The fraction of sp³-hybridized carbons (Fsp3) is 0.947. The number of phosphoric ester groups is 2. The van der Waals surface area contributed by atoms with E-state index in [1.54, 1.807) is 0 Å². The van der Waals surface area contributed by atoms with Gasteiger partial charge in [-0.25, -0.2) is 9.13 Å². The first-order valence-corrected chi connectivity index (χ1v) is 42.3. The Morgan fingerprint density at radius 2 is 0.484 bits per heavy atom. The van der Waals surface area contributed by atoms with Crippen LogP contribution in [0.25, 0.3) is 0 Å². The van der Waals surface area contributed by atoms with E-state index in [9.17, 15) is 43.2 Å². The van der Waals surface area contributed by atoms with Crippen LogP contribution in [0.15, 0.2) is 0 Å². The average molecular weight is 1400 g/mol. The Bertz CT molecular complexity index is 1850. The van der Waals surface area contributed by atoms with Crippen molar-refractivity contribution in [3.8, 4) is 0 Å². The van der Waals surface area contributed by atoms with E-state index in [1.165, 1.54) is 186 Å². The molecule has 5 atom stereocenters. The SMILES string of the molecule is CCCCCCCCCC(=O)OC[C@H](COP(=O)(O)OC[C@H](O)COP(=O)(O)OC[C@@H](COC(=O)CCCCCCCCCCCCCCC(C)C)OC(=O)CCCCCCCCCCCCCCCCCC(C)C)OC(=O)CCCCCCCCCCCCCCC(C)C. The molecule has 2 unspecified atom stereocenters. The number of unbranched alkanes of at least 4 members (excludes halogenated alkanes) is 42. The molecule has 0 aromatic carbocycles. The zero-order valence-electron chi connectivity index (χ0n) is 62.1. The highest BCUT2D eigenvalue weighted by molar-refractivity contribution is 7.47. The van der Waals surface area contributed by atoms with Gasteiger partial charge in [-0.05, 0) is 43.4 Å². The van der Waals surface area contributed by atoms with Gasteiger partial charge in [0.15, 0.2) is 12.2 Å². The fourth-order valence-electron chi connectivity index (χ4n) is 11.6. The number of ether oxygens (including phenoxy) is 4. The molecule has 0 aliphatic carbocycles. The molecule has 0 bridgehead atoms. The van der Waals surface area contributed by atoms with E-state index < -0.39 is 97.5 Å². The smallest absolute Gasteiger partial charge is 0.462 e. The Labute approximate surface area is 581 Å². The molecular formula is C76H148O17P2. The van der Waals surface area contributed by atoms with Gasteiger partial charge in [0.2, 0.25) is 0 Å². The van der Waals surface area contributed by atoms with Crippen molar-refractivity contribution in [2.45, 2.75) is 407 Å². The van der Waals surface area contributed by atoms with Crippen LogP contribution in [0.5, 0.6) is 0 Å². The Hall–Kier alpha value is -1.94. The van der Waals surface area contributed by atoms with E-state index in [-0.39, 0.29) is 25.7 Å². The largest absolute Gasteiger partial charge is 0.472 e. The average Bonchev–Trinajstić information content (AvgIpc) is 2.94. The number of carbonyl (C=O) groups excluding carboxylic acids is 4. The van der Waals surface area contributed by atoms with E-state index in [2.05, 4.69) is 48.5 Å². The van der Waals surface area contributed by atoms with Gasteiger partial charge in [-0.3, -0.25) is 37.3 Å². The van der Waals surface area contributed by atoms with Crippen molar-refractivity contribution >= 4 is 39.5 Å². The molecule has 564 valence electrons. The number of carbonyl (C=O) groups is 4. The maximum atomic E-state index is 13.1. The molecule has 0 radical (unpaired) electrons. The summed E-state index contributed by atoms with van der Waals surface area (Å²) in [6.07, 6.45) is 52.8. The second-order valence-corrected chi connectivity index (χ2v) is 31.7. The molecule has 17 nitrogen and oxygen atoms in total.